The first kappa shape index (κ1) is 9.93. The van der Waals surface area contributed by atoms with E-state index in [2.05, 4.69) is 15.9 Å². The molecule has 0 aliphatic carbocycles. The Morgan fingerprint density at radius 3 is 2.93 bits per heavy atom. The minimum Gasteiger partial charge on any atom is -0.484 e. The van der Waals surface area contributed by atoms with Crippen molar-refractivity contribution in [2.45, 2.75) is 6.92 Å². The number of halogens is 2. The van der Waals surface area contributed by atoms with Gasteiger partial charge in [0.25, 0.3) is 0 Å². The van der Waals surface area contributed by atoms with E-state index in [-0.39, 0.29) is 5.82 Å². The van der Waals surface area contributed by atoms with E-state index in [9.17, 15) is 4.39 Å². The Morgan fingerprint density at radius 2 is 2.21 bits per heavy atom. The molecule has 0 saturated heterocycles. The second-order valence-electron chi connectivity index (χ2n) is 2.80. The lowest BCUT2D eigenvalue weighted by Crippen LogP contribution is -1.86. The SMILES string of the molecule is CCOc1cc2c(Br)cc(F)cc2s1. The van der Waals surface area contributed by atoms with Crippen LogP contribution >= 0.6 is 27.3 Å². The van der Waals surface area contributed by atoms with E-state index in [4.69, 9.17) is 4.74 Å². The molecule has 2 aromatic rings. The van der Waals surface area contributed by atoms with Crippen molar-refractivity contribution >= 4 is 37.4 Å². The molecule has 4 heteroatoms. The van der Waals surface area contributed by atoms with Gasteiger partial charge < -0.3 is 4.74 Å². The van der Waals surface area contributed by atoms with Crippen molar-refractivity contribution in [1.29, 1.82) is 0 Å². The van der Waals surface area contributed by atoms with Crippen LogP contribution in [0.2, 0.25) is 0 Å². The summed E-state index contributed by atoms with van der Waals surface area (Å²) in [5.74, 6) is -0.228. The molecule has 0 aliphatic heterocycles. The fourth-order valence-corrected chi connectivity index (χ4v) is 2.95. The average molecular weight is 275 g/mol. The third-order valence-electron chi connectivity index (χ3n) is 1.82. The molecule has 14 heavy (non-hydrogen) atoms. The van der Waals surface area contributed by atoms with Crippen molar-refractivity contribution < 1.29 is 9.13 Å². The maximum Gasteiger partial charge on any atom is 0.174 e. The Kier molecular flexibility index (Phi) is 2.74. The van der Waals surface area contributed by atoms with Crippen LogP contribution < -0.4 is 4.74 Å². The highest BCUT2D eigenvalue weighted by molar-refractivity contribution is 9.10. The first-order chi connectivity index (χ1) is 6.70. The fraction of sp³-hybridized carbons (Fsp3) is 0.200. The normalized spacial score (nSPS) is 10.8. The molecular weight excluding hydrogens is 267 g/mol. The predicted octanol–water partition coefficient (Wildman–Crippen LogP) is 4.20. The van der Waals surface area contributed by atoms with Gasteiger partial charge in [-0.3, -0.25) is 0 Å². The molecule has 0 atom stereocenters. The smallest absolute Gasteiger partial charge is 0.174 e. The minimum atomic E-state index is -0.228. The fourth-order valence-electron chi connectivity index (χ4n) is 1.25. The number of hydrogen-bond acceptors (Lipinski definition) is 2. The van der Waals surface area contributed by atoms with Gasteiger partial charge in [-0.2, -0.15) is 0 Å². The summed E-state index contributed by atoms with van der Waals surface area (Å²) >= 11 is 4.78. The van der Waals surface area contributed by atoms with Crippen LogP contribution in [0.3, 0.4) is 0 Å². The van der Waals surface area contributed by atoms with Crippen LogP contribution in [0.25, 0.3) is 10.1 Å². The maximum absolute atomic E-state index is 13.0. The summed E-state index contributed by atoms with van der Waals surface area (Å²) in [6.45, 7) is 2.56. The third-order valence-corrected chi connectivity index (χ3v) is 3.47. The lowest BCUT2D eigenvalue weighted by atomic mass is 10.2. The van der Waals surface area contributed by atoms with E-state index in [1.807, 2.05) is 13.0 Å². The van der Waals surface area contributed by atoms with Crippen LogP contribution in [0.4, 0.5) is 4.39 Å². The van der Waals surface area contributed by atoms with Crippen LogP contribution in [0.5, 0.6) is 5.06 Å². The summed E-state index contributed by atoms with van der Waals surface area (Å²) in [6.07, 6.45) is 0. The zero-order valence-corrected chi connectivity index (χ0v) is 9.91. The molecule has 0 unspecified atom stereocenters. The van der Waals surface area contributed by atoms with Crippen LogP contribution in [-0.2, 0) is 0 Å². The lowest BCUT2D eigenvalue weighted by molar-refractivity contribution is 0.350. The van der Waals surface area contributed by atoms with Gasteiger partial charge in [0.15, 0.2) is 5.06 Å². The van der Waals surface area contributed by atoms with Gasteiger partial charge in [-0.15, -0.1) is 0 Å². The Morgan fingerprint density at radius 1 is 1.43 bits per heavy atom. The summed E-state index contributed by atoms with van der Waals surface area (Å²) in [5.41, 5.74) is 0. The van der Waals surface area contributed by atoms with Gasteiger partial charge in [0, 0.05) is 20.6 Å². The standard InChI is InChI=1S/C10H8BrFOS/c1-2-13-10-5-7-8(11)3-6(12)4-9(7)14-10/h3-5H,2H2,1H3. The zero-order valence-electron chi connectivity index (χ0n) is 7.51. The Bertz CT molecular complexity index is 466. The maximum atomic E-state index is 13.0. The summed E-state index contributed by atoms with van der Waals surface area (Å²) in [7, 11) is 0. The first-order valence-electron chi connectivity index (χ1n) is 4.22. The zero-order chi connectivity index (χ0) is 10.1. The predicted molar refractivity (Wildman–Crippen MR) is 60.7 cm³/mol. The first-order valence-corrected chi connectivity index (χ1v) is 5.83. The van der Waals surface area contributed by atoms with Crippen LogP contribution in [0.15, 0.2) is 22.7 Å². The molecule has 0 spiro atoms. The van der Waals surface area contributed by atoms with Gasteiger partial charge in [0.05, 0.1) is 6.61 Å². The molecule has 74 valence electrons. The number of hydrogen-bond donors (Lipinski definition) is 0. The van der Waals surface area contributed by atoms with Crippen molar-refractivity contribution in [2.24, 2.45) is 0 Å². The summed E-state index contributed by atoms with van der Waals surface area (Å²) < 4.78 is 20.1. The van der Waals surface area contributed by atoms with E-state index in [0.717, 1.165) is 19.6 Å². The number of benzene rings is 1. The summed E-state index contributed by atoms with van der Waals surface area (Å²) in [4.78, 5) is 0. The van der Waals surface area contributed by atoms with Crippen molar-refractivity contribution in [1.82, 2.24) is 0 Å². The summed E-state index contributed by atoms with van der Waals surface area (Å²) in [5, 5.41) is 1.83. The molecule has 1 aromatic carbocycles. The van der Waals surface area contributed by atoms with Gasteiger partial charge in [-0.05, 0) is 19.1 Å². The van der Waals surface area contributed by atoms with Crippen molar-refractivity contribution in [3.8, 4) is 5.06 Å². The van der Waals surface area contributed by atoms with Crippen LogP contribution in [-0.4, -0.2) is 6.61 Å². The minimum absolute atomic E-state index is 0.228. The molecule has 0 saturated carbocycles. The second kappa shape index (κ2) is 3.87. The largest absolute Gasteiger partial charge is 0.484 e. The molecular formula is C10H8BrFOS. The molecule has 0 bridgehead atoms. The van der Waals surface area contributed by atoms with Gasteiger partial charge in [0.2, 0.25) is 0 Å². The average Bonchev–Trinajstić information content (AvgIpc) is 2.48. The Hall–Kier alpha value is -0.610. The van der Waals surface area contributed by atoms with Crippen LogP contribution in [0, 0.1) is 5.82 Å². The molecule has 1 aromatic heterocycles. The third kappa shape index (κ3) is 1.77. The van der Waals surface area contributed by atoms with E-state index in [1.54, 1.807) is 0 Å². The van der Waals surface area contributed by atoms with Gasteiger partial charge in [-0.1, -0.05) is 27.3 Å². The molecule has 1 nitrogen and oxygen atoms in total. The molecule has 0 N–H and O–H groups in total. The number of thiophene rings is 1. The van der Waals surface area contributed by atoms with Gasteiger partial charge in [-0.25, -0.2) is 4.39 Å². The quantitative estimate of drug-likeness (QED) is 0.798. The highest BCUT2D eigenvalue weighted by atomic mass is 79.9. The van der Waals surface area contributed by atoms with Crippen molar-refractivity contribution in [3.63, 3.8) is 0 Å². The summed E-state index contributed by atoms with van der Waals surface area (Å²) in [6, 6.07) is 4.91. The Labute approximate surface area is 93.6 Å². The highest BCUT2D eigenvalue weighted by Gasteiger charge is 2.07. The van der Waals surface area contributed by atoms with E-state index in [1.165, 1.54) is 23.5 Å². The number of ether oxygens (including phenoxy) is 1. The molecule has 0 aliphatic rings. The lowest BCUT2D eigenvalue weighted by Gasteiger charge is -1.94. The molecule has 0 fully saturated rings. The van der Waals surface area contributed by atoms with Gasteiger partial charge >= 0.3 is 0 Å². The van der Waals surface area contributed by atoms with Crippen molar-refractivity contribution in [3.05, 3.63) is 28.5 Å². The number of fused-ring (bicyclic) bond motifs is 1. The second-order valence-corrected chi connectivity index (χ2v) is 4.70. The van der Waals surface area contributed by atoms with E-state index < -0.39 is 0 Å². The monoisotopic (exact) mass is 274 g/mol. The van der Waals surface area contributed by atoms with Gasteiger partial charge in [0.1, 0.15) is 5.82 Å². The van der Waals surface area contributed by atoms with E-state index in [0.29, 0.717) is 6.61 Å². The van der Waals surface area contributed by atoms with E-state index >= 15 is 0 Å². The molecule has 0 amide bonds. The van der Waals surface area contributed by atoms with Crippen molar-refractivity contribution in [2.75, 3.05) is 6.61 Å². The molecule has 2 rings (SSSR count). The molecule has 0 radical (unpaired) electrons. The highest BCUT2D eigenvalue weighted by Crippen LogP contribution is 2.36. The topological polar surface area (TPSA) is 9.23 Å². The Balaban J connectivity index is 2.58. The molecule has 1 heterocycles. The van der Waals surface area contributed by atoms with Crippen LogP contribution in [0.1, 0.15) is 6.92 Å². The number of rotatable bonds is 2.